The molecule has 3 N–H and O–H groups in total. The predicted octanol–water partition coefficient (Wildman–Crippen LogP) is 2.24. The number of nitrogen functional groups attached to an aromatic ring is 1. The lowest BCUT2D eigenvalue weighted by atomic mass is 10.2. The van der Waals surface area contributed by atoms with Crippen LogP contribution in [-0.4, -0.2) is 28.5 Å². The lowest BCUT2D eigenvalue weighted by Crippen LogP contribution is -2.28. The Hall–Kier alpha value is -2.34. The van der Waals surface area contributed by atoms with E-state index in [-0.39, 0.29) is 17.9 Å². The van der Waals surface area contributed by atoms with E-state index < -0.39 is 0 Å². The SMILES string of the molecule is Cc1cnc(N)nc1NC1CC(=O)N(c2ccc(Cl)cc2)C1. The van der Waals surface area contributed by atoms with Crippen LogP contribution in [0.15, 0.2) is 30.5 Å². The number of anilines is 3. The maximum absolute atomic E-state index is 12.2. The Labute approximate surface area is 133 Å². The maximum Gasteiger partial charge on any atom is 0.229 e. The van der Waals surface area contributed by atoms with E-state index >= 15 is 0 Å². The Balaban J connectivity index is 1.74. The molecule has 7 heteroatoms. The summed E-state index contributed by atoms with van der Waals surface area (Å²) in [5.74, 6) is 0.953. The van der Waals surface area contributed by atoms with Crippen LogP contribution in [0, 0.1) is 6.92 Å². The standard InChI is InChI=1S/C15H16ClN5O/c1-9-7-18-15(17)20-14(9)19-11-6-13(22)21(8-11)12-4-2-10(16)3-5-12/h2-5,7,11H,6,8H2,1H3,(H3,17,18,19,20). The van der Waals surface area contributed by atoms with E-state index in [1.807, 2.05) is 19.1 Å². The van der Waals surface area contributed by atoms with Crippen molar-refractivity contribution in [1.82, 2.24) is 9.97 Å². The summed E-state index contributed by atoms with van der Waals surface area (Å²) >= 11 is 5.88. The van der Waals surface area contributed by atoms with Crippen molar-refractivity contribution in [2.45, 2.75) is 19.4 Å². The number of nitrogens with one attached hydrogen (secondary N) is 1. The summed E-state index contributed by atoms with van der Waals surface area (Å²) in [6.45, 7) is 2.47. The van der Waals surface area contributed by atoms with Crippen LogP contribution >= 0.6 is 11.6 Å². The number of aromatic nitrogens is 2. The summed E-state index contributed by atoms with van der Waals surface area (Å²) in [5.41, 5.74) is 7.35. The fraction of sp³-hybridized carbons (Fsp3) is 0.267. The topological polar surface area (TPSA) is 84.1 Å². The van der Waals surface area contributed by atoms with E-state index in [1.54, 1.807) is 23.2 Å². The number of hydrogen-bond acceptors (Lipinski definition) is 5. The van der Waals surface area contributed by atoms with Gasteiger partial charge in [-0.2, -0.15) is 4.98 Å². The van der Waals surface area contributed by atoms with Crippen molar-refractivity contribution in [2.24, 2.45) is 0 Å². The van der Waals surface area contributed by atoms with Gasteiger partial charge in [-0.1, -0.05) is 11.6 Å². The van der Waals surface area contributed by atoms with E-state index in [0.29, 0.717) is 23.8 Å². The first-order chi connectivity index (χ1) is 10.5. The number of rotatable bonds is 3. The van der Waals surface area contributed by atoms with Crippen LogP contribution in [0.2, 0.25) is 5.02 Å². The zero-order chi connectivity index (χ0) is 15.7. The number of nitrogens with two attached hydrogens (primary N) is 1. The zero-order valence-electron chi connectivity index (χ0n) is 12.1. The molecule has 114 valence electrons. The first-order valence-corrected chi connectivity index (χ1v) is 7.32. The minimum Gasteiger partial charge on any atom is -0.368 e. The first-order valence-electron chi connectivity index (χ1n) is 6.94. The van der Waals surface area contributed by atoms with E-state index in [9.17, 15) is 4.79 Å². The van der Waals surface area contributed by atoms with Gasteiger partial charge in [0.05, 0.1) is 6.04 Å². The molecule has 3 rings (SSSR count). The lowest BCUT2D eigenvalue weighted by molar-refractivity contribution is -0.117. The molecular weight excluding hydrogens is 302 g/mol. The van der Waals surface area contributed by atoms with Crippen molar-refractivity contribution in [3.63, 3.8) is 0 Å². The number of halogens is 1. The van der Waals surface area contributed by atoms with Gasteiger partial charge in [0.1, 0.15) is 5.82 Å². The second kappa shape index (κ2) is 5.81. The molecule has 1 aliphatic heterocycles. The molecule has 1 atom stereocenters. The van der Waals surface area contributed by atoms with E-state index in [0.717, 1.165) is 11.3 Å². The van der Waals surface area contributed by atoms with Gasteiger partial charge in [0.25, 0.3) is 0 Å². The number of carbonyl (C=O) groups is 1. The highest BCUT2D eigenvalue weighted by molar-refractivity contribution is 6.30. The van der Waals surface area contributed by atoms with E-state index in [4.69, 9.17) is 17.3 Å². The predicted molar refractivity (Wildman–Crippen MR) is 87.0 cm³/mol. The smallest absolute Gasteiger partial charge is 0.229 e. The Bertz CT molecular complexity index is 704. The highest BCUT2D eigenvalue weighted by Gasteiger charge is 2.31. The molecule has 1 aromatic heterocycles. The van der Waals surface area contributed by atoms with Gasteiger partial charge in [0.15, 0.2) is 0 Å². The maximum atomic E-state index is 12.2. The molecule has 1 saturated heterocycles. The molecule has 0 radical (unpaired) electrons. The van der Waals surface area contributed by atoms with Crippen molar-refractivity contribution in [3.05, 3.63) is 41.0 Å². The van der Waals surface area contributed by atoms with Crippen LogP contribution in [0.4, 0.5) is 17.5 Å². The largest absolute Gasteiger partial charge is 0.368 e. The summed E-state index contributed by atoms with van der Waals surface area (Å²) in [6.07, 6.45) is 2.07. The second-order valence-corrected chi connectivity index (χ2v) is 5.72. The number of aryl methyl sites for hydroxylation is 1. The Morgan fingerprint density at radius 3 is 2.82 bits per heavy atom. The monoisotopic (exact) mass is 317 g/mol. The summed E-state index contributed by atoms with van der Waals surface area (Å²) in [7, 11) is 0. The van der Waals surface area contributed by atoms with Gasteiger partial charge >= 0.3 is 0 Å². The summed E-state index contributed by atoms with van der Waals surface area (Å²) in [4.78, 5) is 22.1. The summed E-state index contributed by atoms with van der Waals surface area (Å²) in [5, 5.41) is 3.92. The molecule has 0 spiro atoms. The van der Waals surface area contributed by atoms with Crippen LogP contribution in [0.25, 0.3) is 0 Å². The first kappa shape index (κ1) is 14.6. The minimum absolute atomic E-state index is 0.0174. The van der Waals surface area contributed by atoms with E-state index in [2.05, 4.69) is 15.3 Å². The Morgan fingerprint density at radius 2 is 2.09 bits per heavy atom. The number of hydrogen-bond donors (Lipinski definition) is 2. The average Bonchev–Trinajstić information content (AvgIpc) is 2.84. The average molecular weight is 318 g/mol. The zero-order valence-corrected chi connectivity index (χ0v) is 12.8. The third-order valence-electron chi connectivity index (χ3n) is 3.59. The minimum atomic E-state index is -0.0174. The van der Waals surface area contributed by atoms with Crippen molar-refractivity contribution in [3.8, 4) is 0 Å². The van der Waals surface area contributed by atoms with Crippen LogP contribution in [0.1, 0.15) is 12.0 Å². The highest BCUT2D eigenvalue weighted by Crippen LogP contribution is 2.25. The summed E-state index contributed by atoms with van der Waals surface area (Å²) < 4.78 is 0. The molecule has 1 amide bonds. The van der Waals surface area contributed by atoms with Gasteiger partial charge in [-0.3, -0.25) is 4.79 Å². The normalized spacial score (nSPS) is 17.8. The molecular formula is C15H16ClN5O. The third-order valence-corrected chi connectivity index (χ3v) is 3.85. The molecule has 6 nitrogen and oxygen atoms in total. The quantitative estimate of drug-likeness (QED) is 0.907. The molecule has 0 aliphatic carbocycles. The van der Waals surface area contributed by atoms with Crippen LogP contribution in [-0.2, 0) is 4.79 Å². The van der Waals surface area contributed by atoms with Crippen molar-refractivity contribution in [2.75, 3.05) is 22.5 Å². The number of carbonyl (C=O) groups excluding carboxylic acids is 1. The highest BCUT2D eigenvalue weighted by atomic mass is 35.5. The number of benzene rings is 1. The number of amides is 1. The second-order valence-electron chi connectivity index (χ2n) is 5.29. The van der Waals surface area contributed by atoms with Gasteiger partial charge < -0.3 is 16.0 Å². The molecule has 0 saturated carbocycles. The van der Waals surface area contributed by atoms with Crippen LogP contribution < -0.4 is 16.0 Å². The lowest BCUT2D eigenvalue weighted by Gasteiger charge is -2.18. The fourth-order valence-corrected chi connectivity index (χ4v) is 2.60. The molecule has 2 heterocycles. The summed E-state index contributed by atoms with van der Waals surface area (Å²) in [6, 6.07) is 7.23. The van der Waals surface area contributed by atoms with Crippen LogP contribution in [0.3, 0.4) is 0 Å². The van der Waals surface area contributed by atoms with Crippen molar-refractivity contribution < 1.29 is 4.79 Å². The van der Waals surface area contributed by atoms with E-state index in [1.165, 1.54) is 0 Å². The molecule has 1 fully saturated rings. The molecule has 2 aromatic rings. The number of nitrogens with zero attached hydrogens (tertiary/aromatic N) is 3. The molecule has 22 heavy (non-hydrogen) atoms. The van der Waals surface area contributed by atoms with Gasteiger partial charge in [-0.25, -0.2) is 4.98 Å². The van der Waals surface area contributed by atoms with Gasteiger partial charge in [0, 0.05) is 35.4 Å². The van der Waals surface area contributed by atoms with Gasteiger partial charge in [0.2, 0.25) is 11.9 Å². The van der Waals surface area contributed by atoms with Crippen molar-refractivity contribution in [1.29, 1.82) is 0 Å². The van der Waals surface area contributed by atoms with Crippen LogP contribution in [0.5, 0.6) is 0 Å². The Morgan fingerprint density at radius 1 is 1.36 bits per heavy atom. The van der Waals surface area contributed by atoms with Gasteiger partial charge in [-0.05, 0) is 31.2 Å². The van der Waals surface area contributed by atoms with Gasteiger partial charge in [-0.15, -0.1) is 0 Å². The fourth-order valence-electron chi connectivity index (χ4n) is 2.47. The molecule has 1 unspecified atom stereocenters. The molecule has 1 aliphatic rings. The molecule has 1 aromatic carbocycles. The molecule has 0 bridgehead atoms. The Kier molecular flexibility index (Phi) is 3.85. The van der Waals surface area contributed by atoms with Crippen molar-refractivity contribution >= 4 is 35.0 Å². The third kappa shape index (κ3) is 2.96.